The van der Waals surface area contributed by atoms with Gasteiger partial charge in [-0.05, 0) is 19.3 Å². The summed E-state index contributed by atoms with van der Waals surface area (Å²) in [6, 6.07) is 0. The molecule has 0 saturated heterocycles. The van der Waals surface area contributed by atoms with Gasteiger partial charge >= 0.3 is 0 Å². The summed E-state index contributed by atoms with van der Waals surface area (Å²) in [5.74, 6) is 0.284. The molecule has 1 saturated carbocycles. The fraction of sp³-hybridized carbons (Fsp3) is 1.00. The molecule has 4 heteroatoms. The Hall–Kier alpha value is -0.160. The van der Waals surface area contributed by atoms with Crippen molar-refractivity contribution in [1.82, 2.24) is 0 Å². The van der Waals surface area contributed by atoms with Gasteiger partial charge in [0.1, 0.15) is 6.61 Å². The number of unbranched alkanes of at least 4 members (excludes halogenated alkanes) is 2. The first-order chi connectivity index (χ1) is 9.27. The Balaban J connectivity index is 2.12. The minimum atomic E-state index is -0.669. The second kappa shape index (κ2) is 10.6. The SMILES string of the molecule is CCCCCOC(COC(O)C1CCCCC1)OC. The smallest absolute Gasteiger partial charge is 0.180 e. The molecular weight excluding hydrogens is 244 g/mol. The van der Waals surface area contributed by atoms with Crippen molar-refractivity contribution in [3.05, 3.63) is 0 Å². The summed E-state index contributed by atoms with van der Waals surface area (Å²) < 4.78 is 16.3. The number of aliphatic hydroxyl groups is 1. The van der Waals surface area contributed by atoms with E-state index >= 15 is 0 Å². The fourth-order valence-corrected chi connectivity index (χ4v) is 2.48. The van der Waals surface area contributed by atoms with Crippen molar-refractivity contribution >= 4 is 0 Å². The van der Waals surface area contributed by atoms with E-state index in [-0.39, 0.29) is 12.2 Å². The topological polar surface area (TPSA) is 47.9 Å². The van der Waals surface area contributed by atoms with Crippen LogP contribution in [0.15, 0.2) is 0 Å². The molecule has 19 heavy (non-hydrogen) atoms. The van der Waals surface area contributed by atoms with Crippen molar-refractivity contribution < 1.29 is 19.3 Å². The lowest BCUT2D eigenvalue weighted by molar-refractivity contribution is -0.212. The van der Waals surface area contributed by atoms with Gasteiger partial charge in [0, 0.05) is 19.6 Å². The Morgan fingerprint density at radius 3 is 2.47 bits per heavy atom. The molecule has 0 amide bonds. The Bertz CT molecular complexity index is 204. The molecule has 1 rings (SSSR count). The molecule has 2 unspecified atom stereocenters. The second-order valence-corrected chi connectivity index (χ2v) is 5.37. The van der Waals surface area contributed by atoms with Crippen molar-refractivity contribution in [1.29, 1.82) is 0 Å². The molecule has 114 valence electrons. The van der Waals surface area contributed by atoms with Crippen molar-refractivity contribution in [2.45, 2.75) is 70.9 Å². The zero-order chi connectivity index (χ0) is 13.9. The first-order valence-corrected chi connectivity index (χ1v) is 7.72. The van der Waals surface area contributed by atoms with E-state index in [1.54, 1.807) is 7.11 Å². The van der Waals surface area contributed by atoms with E-state index in [1.165, 1.54) is 32.1 Å². The molecular formula is C15H30O4. The maximum atomic E-state index is 9.99. The molecule has 0 aromatic heterocycles. The molecule has 4 nitrogen and oxygen atoms in total. The molecule has 2 atom stereocenters. The zero-order valence-corrected chi connectivity index (χ0v) is 12.5. The van der Waals surface area contributed by atoms with Gasteiger partial charge in [0.15, 0.2) is 12.6 Å². The van der Waals surface area contributed by atoms with Crippen LogP contribution >= 0.6 is 0 Å². The van der Waals surface area contributed by atoms with Crippen LogP contribution in [0.3, 0.4) is 0 Å². The van der Waals surface area contributed by atoms with Gasteiger partial charge in [-0.15, -0.1) is 0 Å². The van der Waals surface area contributed by atoms with E-state index in [0.717, 1.165) is 19.3 Å². The van der Waals surface area contributed by atoms with Crippen LogP contribution in [0.25, 0.3) is 0 Å². The molecule has 0 spiro atoms. The molecule has 1 N–H and O–H groups in total. The summed E-state index contributed by atoms with van der Waals surface area (Å²) in [6.45, 7) is 3.16. The summed E-state index contributed by atoms with van der Waals surface area (Å²) in [7, 11) is 1.61. The van der Waals surface area contributed by atoms with Gasteiger partial charge in [-0.3, -0.25) is 0 Å². The van der Waals surface area contributed by atoms with Crippen molar-refractivity contribution in [3.63, 3.8) is 0 Å². The van der Waals surface area contributed by atoms with E-state index in [9.17, 15) is 5.11 Å². The minimum Gasteiger partial charge on any atom is -0.368 e. The third-order valence-corrected chi connectivity index (χ3v) is 3.77. The lowest BCUT2D eigenvalue weighted by atomic mass is 9.89. The number of ether oxygens (including phenoxy) is 3. The summed E-state index contributed by atoms with van der Waals surface area (Å²) >= 11 is 0. The Morgan fingerprint density at radius 2 is 1.84 bits per heavy atom. The van der Waals surface area contributed by atoms with Crippen molar-refractivity contribution in [2.75, 3.05) is 20.3 Å². The van der Waals surface area contributed by atoms with Gasteiger partial charge in [0.25, 0.3) is 0 Å². The molecule has 0 aliphatic heterocycles. The second-order valence-electron chi connectivity index (χ2n) is 5.37. The highest BCUT2D eigenvalue weighted by molar-refractivity contribution is 4.68. The van der Waals surface area contributed by atoms with Gasteiger partial charge in [-0.2, -0.15) is 0 Å². The van der Waals surface area contributed by atoms with Gasteiger partial charge in [-0.1, -0.05) is 39.0 Å². The van der Waals surface area contributed by atoms with Gasteiger partial charge in [-0.25, -0.2) is 0 Å². The molecule has 1 aliphatic carbocycles. The Morgan fingerprint density at radius 1 is 1.11 bits per heavy atom. The number of rotatable bonds is 10. The molecule has 0 bridgehead atoms. The summed E-state index contributed by atoms with van der Waals surface area (Å²) in [5, 5.41) is 9.99. The lowest BCUT2D eigenvalue weighted by Crippen LogP contribution is -2.31. The van der Waals surface area contributed by atoms with Crippen LogP contribution in [0.1, 0.15) is 58.3 Å². The van der Waals surface area contributed by atoms with Crippen LogP contribution in [0.5, 0.6) is 0 Å². The van der Waals surface area contributed by atoms with E-state index in [2.05, 4.69) is 6.92 Å². The van der Waals surface area contributed by atoms with Crippen molar-refractivity contribution in [3.8, 4) is 0 Å². The monoisotopic (exact) mass is 274 g/mol. The minimum absolute atomic E-state index is 0.284. The first kappa shape index (κ1) is 16.9. The van der Waals surface area contributed by atoms with Crippen molar-refractivity contribution in [2.24, 2.45) is 5.92 Å². The predicted octanol–water partition coefficient (Wildman–Crippen LogP) is 3.08. The summed E-state index contributed by atoms with van der Waals surface area (Å²) in [4.78, 5) is 0. The average molecular weight is 274 g/mol. The highest BCUT2D eigenvalue weighted by Gasteiger charge is 2.23. The standard InChI is InChI=1S/C15H30O4/c1-3-4-8-11-18-14(17-2)12-19-15(16)13-9-6-5-7-10-13/h13-16H,3-12H2,1-2H3. The van der Waals surface area contributed by atoms with Crippen LogP contribution < -0.4 is 0 Å². The fourth-order valence-electron chi connectivity index (χ4n) is 2.48. The van der Waals surface area contributed by atoms with Crippen LogP contribution in [-0.4, -0.2) is 38.0 Å². The molecule has 0 aromatic carbocycles. The number of hydrogen-bond donors (Lipinski definition) is 1. The Labute approximate surface area is 117 Å². The van der Waals surface area contributed by atoms with Gasteiger partial charge < -0.3 is 19.3 Å². The van der Waals surface area contributed by atoms with Gasteiger partial charge in [0.05, 0.1) is 0 Å². The van der Waals surface area contributed by atoms with Crippen LogP contribution in [0.2, 0.25) is 0 Å². The third kappa shape index (κ3) is 7.25. The Kier molecular flexibility index (Phi) is 9.43. The normalized spacial score (nSPS) is 20.4. The predicted molar refractivity (Wildman–Crippen MR) is 74.8 cm³/mol. The molecule has 0 radical (unpaired) electrons. The molecule has 1 aliphatic rings. The van der Waals surface area contributed by atoms with Gasteiger partial charge in [0.2, 0.25) is 0 Å². The maximum absolute atomic E-state index is 9.99. The first-order valence-electron chi connectivity index (χ1n) is 7.72. The maximum Gasteiger partial charge on any atom is 0.180 e. The van der Waals surface area contributed by atoms with E-state index in [4.69, 9.17) is 14.2 Å². The van der Waals surface area contributed by atoms with E-state index in [0.29, 0.717) is 13.2 Å². The lowest BCUT2D eigenvalue weighted by Gasteiger charge is -2.27. The largest absolute Gasteiger partial charge is 0.368 e. The molecule has 1 fully saturated rings. The van der Waals surface area contributed by atoms with Crippen LogP contribution in [-0.2, 0) is 14.2 Å². The number of methoxy groups -OCH3 is 1. The summed E-state index contributed by atoms with van der Waals surface area (Å²) in [5.41, 5.74) is 0. The van der Waals surface area contributed by atoms with E-state index in [1.807, 2.05) is 0 Å². The summed E-state index contributed by atoms with van der Waals surface area (Å²) in [6.07, 6.45) is 8.17. The van der Waals surface area contributed by atoms with Crippen LogP contribution in [0.4, 0.5) is 0 Å². The highest BCUT2D eigenvalue weighted by Crippen LogP contribution is 2.27. The quantitative estimate of drug-likeness (QED) is 0.491. The number of aliphatic hydroxyl groups excluding tert-OH is 1. The molecule has 0 heterocycles. The average Bonchev–Trinajstić information content (AvgIpc) is 2.47. The van der Waals surface area contributed by atoms with E-state index < -0.39 is 6.29 Å². The zero-order valence-electron chi connectivity index (χ0n) is 12.5. The molecule has 0 aromatic rings. The third-order valence-electron chi connectivity index (χ3n) is 3.77. The highest BCUT2D eigenvalue weighted by atomic mass is 16.7. The number of hydrogen-bond acceptors (Lipinski definition) is 4. The van der Waals surface area contributed by atoms with Crippen LogP contribution in [0, 0.1) is 5.92 Å².